The molecule has 0 radical (unpaired) electrons. The first kappa shape index (κ1) is 12.1. The number of hydrogen-bond donors (Lipinski definition) is 0. The Bertz CT molecular complexity index is 386. The Labute approximate surface area is 102 Å². The van der Waals surface area contributed by atoms with Gasteiger partial charge in [0.15, 0.2) is 0 Å². The van der Waals surface area contributed by atoms with Gasteiger partial charge in [0.1, 0.15) is 10.8 Å². The molecule has 1 aromatic heterocycles. The molecule has 0 amide bonds. The smallest absolute Gasteiger partial charge is 0.271 e. The Kier molecular flexibility index (Phi) is 4.03. The van der Waals surface area contributed by atoms with Crippen molar-refractivity contribution >= 4 is 51.0 Å². The van der Waals surface area contributed by atoms with Gasteiger partial charge < -0.3 is 0 Å². The lowest BCUT2D eigenvalue weighted by atomic mass is 10.2. The first-order valence-corrected chi connectivity index (χ1v) is 5.11. The zero-order valence-corrected chi connectivity index (χ0v) is 10.1. The number of halogens is 5. The van der Waals surface area contributed by atoms with Crippen LogP contribution < -0.4 is 0 Å². The Hall–Kier alpha value is -0.0100. The molecule has 0 aliphatic rings. The highest BCUT2D eigenvalue weighted by Crippen LogP contribution is 2.29. The summed E-state index contributed by atoms with van der Waals surface area (Å²) in [6.07, 6.45) is -2.80. The van der Waals surface area contributed by atoms with Gasteiger partial charge in [-0.15, -0.1) is 0 Å². The van der Waals surface area contributed by atoms with Crippen LogP contribution in [0.2, 0.25) is 5.15 Å². The van der Waals surface area contributed by atoms with Crippen LogP contribution in [0.1, 0.15) is 22.5 Å². The lowest BCUT2D eigenvalue weighted by Crippen LogP contribution is -2.04. The van der Waals surface area contributed by atoms with E-state index in [1.807, 2.05) is 0 Å². The number of nitrogens with zero attached hydrogens (tertiary/aromatic N) is 1. The van der Waals surface area contributed by atoms with Crippen molar-refractivity contribution in [3.05, 3.63) is 26.0 Å². The number of alkyl halides is 2. The van der Waals surface area contributed by atoms with Crippen molar-refractivity contribution in [2.75, 3.05) is 0 Å². The minimum Gasteiger partial charge on any atom is -0.274 e. The molecule has 0 N–H and O–H groups in total. The van der Waals surface area contributed by atoms with Gasteiger partial charge in [-0.05, 0) is 40.3 Å². The van der Waals surface area contributed by atoms with Crippen LogP contribution in [0.3, 0.4) is 0 Å². The van der Waals surface area contributed by atoms with Crippen LogP contribution in [-0.4, -0.2) is 10.2 Å². The van der Waals surface area contributed by atoms with Crippen LogP contribution in [0.4, 0.5) is 8.78 Å². The summed E-state index contributed by atoms with van der Waals surface area (Å²) in [5, 5.41) is -1.08. The van der Waals surface area contributed by atoms with Crippen molar-refractivity contribution in [3.63, 3.8) is 0 Å². The fourth-order valence-corrected chi connectivity index (χ4v) is 2.16. The standard InChI is InChI=1S/C7H2Cl2F2INO/c8-3-1-2(12)4(7(10)11)5(13-3)6(9)14/h1,7H. The van der Waals surface area contributed by atoms with Gasteiger partial charge in [0.25, 0.3) is 11.7 Å². The second kappa shape index (κ2) is 4.67. The van der Waals surface area contributed by atoms with E-state index in [-0.39, 0.29) is 8.72 Å². The van der Waals surface area contributed by atoms with Gasteiger partial charge in [0, 0.05) is 3.57 Å². The third kappa shape index (κ3) is 2.52. The van der Waals surface area contributed by atoms with Crippen molar-refractivity contribution in [2.45, 2.75) is 6.43 Å². The lowest BCUT2D eigenvalue weighted by molar-refractivity contribution is 0.106. The number of hydrogen-bond acceptors (Lipinski definition) is 2. The first-order valence-electron chi connectivity index (χ1n) is 3.27. The van der Waals surface area contributed by atoms with Gasteiger partial charge in [-0.1, -0.05) is 11.6 Å². The molecule has 0 saturated heterocycles. The molecule has 0 spiro atoms. The maximum atomic E-state index is 12.5. The van der Waals surface area contributed by atoms with Crippen LogP contribution in [0.5, 0.6) is 0 Å². The van der Waals surface area contributed by atoms with Gasteiger partial charge in [-0.3, -0.25) is 4.79 Å². The third-order valence-electron chi connectivity index (χ3n) is 1.38. The Morgan fingerprint density at radius 1 is 1.57 bits per heavy atom. The number of aromatic nitrogens is 1. The Morgan fingerprint density at radius 2 is 2.14 bits per heavy atom. The van der Waals surface area contributed by atoms with E-state index in [1.54, 1.807) is 22.6 Å². The fraction of sp³-hybridized carbons (Fsp3) is 0.143. The van der Waals surface area contributed by atoms with Gasteiger partial charge in [-0.25, -0.2) is 13.8 Å². The number of rotatable bonds is 2. The molecule has 0 aliphatic carbocycles. The highest BCUT2D eigenvalue weighted by molar-refractivity contribution is 14.1. The van der Waals surface area contributed by atoms with Gasteiger partial charge in [0.2, 0.25) is 0 Å². The number of carbonyl (C=O) groups is 1. The highest BCUT2D eigenvalue weighted by Gasteiger charge is 2.22. The molecule has 14 heavy (non-hydrogen) atoms. The fourth-order valence-electron chi connectivity index (χ4n) is 0.852. The zero-order chi connectivity index (χ0) is 10.9. The first-order chi connectivity index (χ1) is 6.43. The molecule has 0 bridgehead atoms. The Morgan fingerprint density at radius 3 is 2.57 bits per heavy atom. The molecular weight excluding hydrogens is 350 g/mol. The molecule has 0 atom stereocenters. The molecule has 76 valence electrons. The predicted octanol–water partition coefficient (Wildman–Crippen LogP) is 3.66. The molecule has 0 unspecified atom stereocenters. The lowest BCUT2D eigenvalue weighted by Gasteiger charge is -2.06. The van der Waals surface area contributed by atoms with Crippen LogP contribution in [0.15, 0.2) is 6.07 Å². The maximum absolute atomic E-state index is 12.5. The van der Waals surface area contributed by atoms with Crippen LogP contribution in [-0.2, 0) is 0 Å². The van der Waals surface area contributed by atoms with Crippen molar-refractivity contribution in [3.8, 4) is 0 Å². The van der Waals surface area contributed by atoms with E-state index in [2.05, 4.69) is 4.98 Å². The van der Waals surface area contributed by atoms with Crippen LogP contribution in [0, 0.1) is 3.57 Å². The van der Waals surface area contributed by atoms with Crippen molar-refractivity contribution < 1.29 is 13.6 Å². The predicted molar refractivity (Wildman–Crippen MR) is 57.1 cm³/mol. The summed E-state index contributed by atoms with van der Waals surface area (Å²) in [4.78, 5) is 14.2. The molecular formula is C7H2Cl2F2INO. The van der Waals surface area contributed by atoms with E-state index in [0.29, 0.717) is 0 Å². The summed E-state index contributed by atoms with van der Waals surface area (Å²) in [6.45, 7) is 0. The second-order valence-electron chi connectivity index (χ2n) is 2.26. The average molecular weight is 352 g/mol. The molecule has 0 aliphatic heterocycles. The van der Waals surface area contributed by atoms with E-state index < -0.39 is 22.9 Å². The normalized spacial score (nSPS) is 10.7. The Balaban J connectivity index is 3.44. The topological polar surface area (TPSA) is 30.0 Å². The second-order valence-corrected chi connectivity index (χ2v) is 4.16. The maximum Gasteiger partial charge on any atom is 0.271 e. The van der Waals surface area contributed by atoms with Gasteiger partial charge in [-0.2, -0.15) is 0 Å². The number of carbonyl (C=O) groups excluding carboxylic acids is 1. The molecule has 0 saturated carbocycles. The number of pyridine rings is 1. The minimum atomic E-state index is -2.80. The van der Waals surface area contributed by atoms with Crippen molar-refractivity contribution in [1.82, 2.24) is 4.98 Å². The third-order valence-corrected chi connectivity index (χ3v) is 2.65. The van der Waals surface area contributed by atoms with Crippen LogP contribution >= 0.6 is 45.8 Å². The van der Waals surface area contributed by atoms with Gasteiger partial charge >= 0.3 is 0 Å². The monoisotopic (exact) mass is 351 g/mol. The molecule has 7 heteroatoms. The van der Waals surface area contributed by atoms with Crippen LogP contribution in [0.25, 0.3) is 0 Å². The molecule has 2 nitrogen and oxygen atoms in total. The summed E-state index contributed by atoms with van der Waals surface area (Å²) < 4.78 is 25.1. The summed E-state index contributed by atoms with van der Waals surface area (Å²) in [5.41, 5.74) is -0.964. The van der Waals surface area contributed by atoms with Crippen molar-refractivity contribution in [1.29, 1.82) is 0 Å². The van der Waals surface area contributed by atoms with E-state index in [4.69, 9.17) is 23.2 Å². The molecule has 1 heterocycles. The average Bonchev–Trinajstić information content (AvgIpc) is 2.01. The minimum absolute atomic E-state index is 0.0391. The van der Waals surface area contributed by atoms with E-state index in [0.717, 1.165) is 0 Å². The summed E-state index contributed by atoms with van der Waals surface area (Å²) in [6, 6.07) is 1.24. The summed E-state index contributed by atoms with van der Waals surface area (Å²) in [5.74, 6) is 0. The quantitative estimate of drug-likeness (QED) is 0.462. The zero-order valence-electron chi connectivity index (χ0n) is 6.40. The van der Waals surface area contributed by atoms with E-state index in [9.17, 15) is 13.6 Å². The molecule has 1 rings (SSSR count). The molecule has 0 aromatic carbocycles. The SMILES string of the molecule is O=C(Cl)c1nc(Cl)cc(I)c1C(F)F. The summed E-state index contributed by atoms with van der Waals surface area (Å²) in [7, 11) is 0. The van der Waals surface area contributed by atoms with E-state index in [1.165, 1.54) is 6.07 Å². The van der Waals surface area contributed by atoms with Gasteiger partial charge in [0.05, 0.1) is 5.56 Å². The van der Waals surface area contributed by atoms with E-state index >= 15 is 0 Å². The van der Waals surface area contributed by atoms with Crippen molar-refractivity contribution in [2.24, 2.45) is 0 Å². The molecule has 1 aromatic rings. The molecule has 0 fully saturated rings. The highest BCUT2D eigenvalue weighted by atomic mass is 127. The largest absolute Gasteiger partial charge is 0.274 e. The summed E-state index contributed by atoms with van der Waals surface area (Å²) >= 11 is 12.2.